The van der Waals surface area contributed by atoms with E-state index < -0.39 is 0 Å². The van der Waals surface area contributed by atoms with Gasteiger partial charge in [-0.1, -0.05) is 0 Å². The molecule has 4 nitrogen and oxygen atoms in total. The van der Waals surface area contributed by atoms with Crippen molar-refractivity contribution in [1.82, 2.24) is 5.32 Å². The zero-order chi connectivity index (χ0) is 11.8. The molecule has 0 saturated heterocycles. The first-order chi connectivity index (χ1) is 7.43. The van der Waals surface area contributed by atoms with Crippen LogP contribution >= 0.6 is 0 Å². The molecule has 2 rings (SSSR count). The van der Waals surface area contributed by atoms with Crippen molar-refractivity contribution in [2.45, 2.75) is 63.1 Å². The van der Waals surface area contributed by atoms with Crippen LogP contribution in [-0.4, -0.2) is 29.7 Å². The average molecular weight is 226 g/mol. The fourth-order valence-electron chi connectivity index (χ4n) is 1.78. The van der Waals surface area contributed by atoms with Crippen LogP contribution in [0, 0.1) is 0 Å². The topological polar surface area (TPSA) is 64.3 Å². The maximum absolute atomic E-state index is 11.8. The van der Waals surface area contributed by atoms with Crippen LogP contribution in [-0.2, 0) is 9.53 Å². The molecule has 0 aromatic carbocycles. The largest absolute Gasteiger partial charge is 0.376 e. The molecule has 0 radical (unpaired) electrons. The van der Waals surface area contributed by atoms with E-state index in [1.54, 1.807) is 0 Å². The molecule has 2 aliphatic rings. The van der Waals surface area contributed by atoms with Crippen LogP contribution in [0.4, 0.5) is 0 Å². The summed E-state index contributed by atoms with van der Waals surface area (Å²) in [7, 11) is 0. The first-order valence-corrected chi connectivity index (χ1v) is 6.15. The molecule has 1 amide bonds. The van der Waals surface area contributed by atoms with E-state index in [9.17, 15) is 4.79 Å². The Balaban J connectivity index is 1.73. The first kappa shape index (κ1) is 11.9. The van der Waals surface area contributed by atoms with Crippen molar-refractivity contribution < 1.29 is 9.53 Å². The Kier molecular flexibility index (Phi) is 2.97. The van der Waals surface area contributed by atoms with E-state index >= 15 is 0 Å². The van der Waals surface area contributed by atoms with Crippen molar-refractivity contribution in [2.24, 2.45) is 5.73 Å². The van der Waals surface area contributed by atoms with Crippen molar-refractivity contribution in [1.29, 1.82) is 0 Å². The molecule has 0 atom stereocenters. The Bertz CT molecular complexity index is 281. The lowest BCUT2D eigenvalue weighted by Crippen LogP contribution is -2.43. The van der Waals surface area contributed by atoms with E-state index in [1.165, 1.54) is 0 Å². The molecule has 0 aromatic rings. The Morgan fingerprint density at radius 2 is 2.00 bits per heavy atom. The first-order valence-electron chi connectivity index (χ1n) is 6.15. The second-order valence-electron chi connectivity index (χ2n) is 5.73. The van der Waals surface area contributed by atoms with E-state index in [-0.39, 0.29) is 23.1 Å². The molecule has 0 aliphatic heterocycles. The number of hydrogen-bond acceptors (Lipinski definition) is 3. The van der Waals surface area contributed by atoms with Gasteiger partial charge in [-0.2, -0.15) is 0 Å². The monoisotopic (exact) mass is 226 g/mol. The number of nitrogens with two attached hydrogens (primary N) is 1. The lowest BCUT2D eigenvalue weighted by Gasteiger charge is -2.20. The summed E-state index contributed by atoms with van der Waals surface area (Å²) in [5.41, 5.74) is 5.64. The summed E-state index contributed by atoms with van der Waals surface area (Å²) in [5, 5.41) is 3.08. The van der Waals surface area contributed by atoms with Gasteiger partial charge in [-0.05, 0) is 39.5 Å². The lowest BCUT2D eigenvalue weighted by molar-refractivity contribution is -0.123. The maximum Gasteiger partial charge on any atom is 0.222 e. The molecule has 0 spiro atoms. The standard InChI is InChI=1S/C12H22N2O2/c1-9(2)16-8-12(5-6-12)14-10(15)7-11(13)3-4-11/h9H,3-8,13H2,1-2H3,(H,14,15). The summed E-state index contributed by atoms with van der Waals surface area (Å²) in [5.74, 6) is 0.0878. The molecular formula is C12H22N2O2. The van der Waals surface area contributed by atoms with Crippen molar-refractivity contribution in [3.8, 4) is 0 Å². The Labute approximate surface area is 96.9 Å². The molecule has 0 aromatic heterocycles. The number of carbonyl (C=O) groups excluding carboxylic acids is 1. The van der Waals surface area contributed by atoms with Gasteiger partial charge >= 0.3 is 0 Å². The highest BCUT2D eigenvalue weighted by Crippen LogP contribution is 2.38. The van der Waals surface area contributed by atoms with Crippen LogP contribution in [0.15, 0.2) is 0 Å². The third-order valence-electron chi connectivity index (χ3n) is 3.36. The number of carbonyl (C=O) groups is 1. The van der Waals surface area contributed by atoms with Gasteiger partial charge in [0.1, 0.15) is 0 Å². The van der Waals surface area contributed by atoms with E-state index in [0.29, 0.717) is 13.0 Å². The van der Waals surface area contributed by atoms with Crippen LogP contribution < -0.4 is 11.1 Å². The molecule has 92 valence electrons. The Hall–Kier alpha value is -0.610. The molecule has 0 heterocycles. The molecule has 16 heavy (non-hydrogen) atoms. The maximum atomic E-state index is 11.8. The minimum absolute atomic E-state index is 0.0768. The summed E-state index contributed by atoms with van der Waals surface area (Å²) >= 11 is 0. The van der Waals surface area contributed by atoms with Gasteiger partial charge in [-0.25, -0.2) is 0 Å². The smallest absolute Gasteiger partial charge is 0.222 e. The number of ether oxygens (including phenoxy) is 1. The molecule has 2 fully saturated rings. The molecular weight excluding hydrogens is 204 g/mol. The predicted octanol–water partition coefficient (Wildman–Crippen LogP) is 0.942. The van der Waals surface area contributed by atoms with E-state index in [2.05, 4.69) is 5.32 Å². The van der Waals surface area contributed by atoms with Gasteiger partial charge in [-0.15, -0.1) is 0 Å². The highest BCUT2D eigenvalue weighted by molar-refractivity contribution is 5.79. The summed E-state index contributed by atoms with van der Waals surface area (Å²) in [6, 6.07) is 0. The van der Waals surface area contributed by atoms with Crippen LogP contribution in [0.1, 0.15) is 46.0 Å². The molecule has 4 heteroatoms. The van der Waals surface area contributed by atoms with Crippen LogP contribution in [0.3, 0.4) is 0 Å². The number of amides is 1. The third-order valence-corrected chi connectivity index (χ3v) is 3.36. The minimum Gasteiger partial charge on any atom is -0.376 e. The second-order valence-corrected chi connectivity index (χ2v) is 5.73. The predicted molar refractivity (Wildman–Crippen MR) is 62.0 cm³/mol. The van der Waals surface area contributed by atoms with Crippen LogP contribution in [0.2, 0.25) is 0 Å². The van der Waals surface area contributed by atoms with Gasteiger partial charge in [-0.3, -0.25) is 4.79 Å². The quantitative estimate of drug-likeness (QED) is 0.708. The van der Waals surface area contributed by atoms with Crippen LogP contribution in [0.5, 0.6) is 0 Å². The van der Waals surface area contributed by atoms with Crippen LogP contribution in [0.25, 0.3) is 0 Å². The fourth-order valence-corrected chi connectivity index (χ4v) is 1.78. The summed E-state index contributed by atoms with van der Waals surface area (Å²) < 4.78 is 5.57. The van der Waals surface area contributed by atoms with E-state index in [0.717, 1.165) is 25.7 Å². The van der Waals surface area contributed by atoms with Gasteiger partial charge in [0, 0.05) is 12.0 Å². The zero-order valence-electron chi connectivity index (χ0n) is 10.2. The molecule has 2 aliphatic carbocycles. The van der Waals surface area contributed by atoms with Gasteiger partial charge in [0.15, 0.2) is 0 Å². The summed E-state index contributed by atoms with van der Waals surface area (Å²) in [4.78, 5) is 11.8. The number of rotatable bonds is 6. The SMILES string of the molecule is CC(C)OCC1(NC(=O)CC2(N)CC2)CC1. The van der Waals surface area contributed by atoms with Crippen molar-refractivity contribution in [3.05, 3.63) is 0 Å². The molecule has 0 bridgehead atoms. The highest BCUT2D eigenvalue weighted by atomic mass is 16.5. The van der Waals surface area contributed by atoms with Gasteiger partial charge < -0.3 is 15.8 Å². The van der Waals surface area contributed by atoms with E-state index in [4.69, 9.17) is 10.5 Å². The summed E-state index contributed by atoms with van der Waals surface area (Å²) in [6.45, 7) is 4.65. The Morgan fingerprint density at radius 3 is 2.44 bits per heavy atom. The van der Waals surface area contributed by atoms with Gasteiger partial charge in [0.2, 0.25) is 5.91 Å². The average Bonchev–Trinajstić information content (AvgIpc) is 3.04. The highest BCUT2D eigenvalue weighted by Gasteiger charge is 2.47. The molecule has 0 unspecified atom stereocenters. The lowest BCUT2D eigenvalue weighted by atomic mass is 10.1. The van der Waals surface area contributed by atoms with Gasteiger partial charge in [0.25, 0.3) is 0 Å². The van der Waals surface area contributed by atoms with Crippen molar-refractivity contribution in [3.63, 3.8) is 0 Å². The number of hydrogen-bond donors (Lipinski definition) is 2. The minimum atomic E-state index is -0.195. The van der Waals surface area contributed by atoms with Crippen molar-refractivity contribution in [2.75, 3.05) is 6.61 Å². The zero-order valence-corrected chi connectivity index (χ0v) is 10.2. The molecule has 2 saturated carbocycles. The number of nitrogens with one attached hydrogen (secondary N) is 1. The molecule has 3 N–H and O–H groups in total. The normalized spacial score (nSPS) is 24.2. The summed E-state index contributed by atoms with van der Waals surface area (Å²) in [6.07, 6.45) is 4.72. The Morgan fingerprint density at radius 1 is 1.38 bits per heavy atom. The van der Waals surface area contributed by atoms with Gasteiger partial charge in [0.05, 0.1) is 18.2 Å². The third kappa shape index (κ3) is 3.19. The van der Waals surface area contributed by atoms with E-state index in [1.807, 2.05) is 13.8 Å². The van der Waals surface area contributed by atoms with Crippen molar-refractivity contribution >= 4 is 5.91 Å². The fraction of sp³-hybridized carbons (Fsp3) is 0.917. The second kappa shape index (κ2) is 4.00.